The molecule has 26 heavy (non-hydrogen) atoms. The van der Waals surface area contributed by atoms with E-state index in [1.54, 1.807) is 5.43 Å². The second-order valence-electron chi connectivity index (χ2n) is 5.27. The summed E-state index contributed by atoms with van der Waals surface area (Å²) in [6, 6.07) is 3.44. The number of carbonyl (C=O) groups is 3. The second kappa shape index (κ2) is 9.51. The number of ketones is 1. The van der Waals surface area contributed by atoms with Gasteiger partial charge in [-0.15, -0.1) is 0 Å². The Morgan fingerprint density at radius 3 is 2.50 bits per heavy atom. The van der Waals surface area contributed by atoms with Gasteiger partial charge < -0.3 is 5.32 Å². The van der Waals surface area contributed by atoms with E-state index in [1.807, 2.05) is 5.43 Å². The largest absolute Gasteiger partial charge is 0.416 e. The Labute approximate surface area is 147 Å². The van der Waals surface area contributed by atoms with Gasteiger partial charge in [-0.05, 0) is 25.1 Å². The Morgan fingerprint density at radius 1 is 1.19 bits per heavy atom. The fraction of sp³-hybridized carbons (Fsp3) is 0.333. The molecule has 0 unspecified atom stereocenters. The van der Waals surface area contributed by atoms with E-state index in [-0.39, 0.29) is 30.7 Å². The van der Waals surface area contributed by atoms with Gasteiger partial charge >= 0.3 is 12.2 Å². The molecular formula is C15H18F3N5O3. The normalized spacial score (nSPS) is 11.7. The fourth-order valence-electron chi connectivity index (χ4n) is 1.84. The molecule has 1 rings (SSSR count). The maximum atomic E-state index is 12.6. The summed E-state index contributed by atoms with van der Waals surface area (Å²) in [7, 11) is 0. The maximum Gasteiger partial charge on any atom is 0.416 e. The number of halogens is 3. The van der Waals surface area contributed by atoms with Crippen LogP contribution in [0.2, 0.25) is 0 Å². The lowest BCUT2D eigenvalue weighted by Gasteiger charge is -2.09. The van der Waals surface area contributed by atoms with E-state index in [1.165, 1.54) is 19.1 Å². The molecular weight excluding hydrogens is 355 g/mol. The van der Waals surface area contributed by atoms with Crippen molar-refractivity contribution in [2.45, 2.75) is 32.4 Å². The van der Waals surface area contributed by atoms with Gasteiger partial charge in [0.05, 0.1) is 5.56 Å². The average molecular weight is 373 g/mol. The van der Waals surface area contributed by atoms with Gasteiger partial charge in [0.2, 0.25) is 5.91 Å². The third-order valence-corrected chi connectivity index (χ3v) is 3.04. The number of hydrogen-bond acceptors (Lipinski definition) is 5. The lowest BCUT2D eigenvalue weighted by molar-refractivity contribution is -0.137. The Bertz CT molecular complexity index is 704. The highest BCUT2D eigenvalue weighted by Crippen LogP contribution is 2.30. The molecule has 0 fully saturated rings. The van der Waals surface area contributed by atoms with Gasteiger partial charge in [0.1, 0.15) is 5.78 Å². The summed E-state index contributed by atoms with van der Waals surface area (Å²) in [6.07, 6.45) is -4.93. The number of Topliss-reactive ketones (excluding diaryl/α,β-unsaturated/α-hetero) is 1. The number of urea groups is 1. The number of anilines is 1. The molecule has 0 radical (unpaired) electrons. The summed E-state index contributed by atoms with van der Waals surface area (Å²) in [5.74, 6) is 3.92. The van der Waals surface area contributed by atoms with Gasteiger partial charge in [-0.1, -0.05) is 6.07 Å². The second-order valence-corrected chi connectivity index (χ2v) is 5.27. The van der Waals surface area contributed by atoms with E-state index < -0.39 is 23.7 Å². The van der Waals surface area contributed by atoms with Crippen LogP contribution in [-0.4, -0.2) is 23.4 Å². The predicted molar refractivity (Wildman–Crippen MR) is 87.9 cm³/mol. The Kier molecular flexibility index (Phi) is 7.72. The Hall–Kier alpha value is -2.95. The standard InChI is InChI=1S/C15H18F3N5O3/c1-9(22-23-14(26)21-19)7-12(24)5-6-13(25)20-11-4-2-3-10(8-11)15(16,17)18/h2-4,8H,5-7,19H2,1H3,(H,20,25)(H2,21,23,26)/b22-9-. The van der Waals surface area contributed by atoms with Crippen LogP contribution in [-0.2, 0) is 15.8 Å². The van der Waals surface area contributed by atoms with Crippen molar-refractivity contribution in [2.75, 3.05) is 5.32 Å². The summed E-state index contributed by atoms with van der Waals surface area (Å²) in [4.78, 5) is 34.3. The molecule has 0 aromatic heterocycles. The molecule has 8 nitrogen and oxygen atoms in total. The lowest BCUT2D eigenvalue weighted by Crippen LogP contribution is -2.37. The van der Waals surface area contributed by atoms with Gasteiger partial charge in [0.25, 0.3) is 0 Å². The molecule has 0 saturated carbocycles. The van der Waals surface area contributed by atoms with Crippen LogP contribution in [0.1, 0.15) is 31.7 Å². The molecule has 142 valence electrons. The number of nitrogens with two attached hydrogens (primary N) is 1. The number of amides is 3. The zero-order valence-electron chi connectivity index (χ0n) is 13.8. The number of hydrazine groups is 1. The minimum absolute atomic E-state index is 0.00739. The minimum atomic E-state index is -4.51. The molecule has 0 aliphatic carbocycles. The van der Waals surface area contributed by atoms with Crippen molar-refractivity contribution in [3.05, 3.63) is 29.8 Å². The van der Waals surface area contributed by atoms with E-state index in [0.29, 0.717) is 5.71 Å². The molecule has 0 heterocycles. The van der Waals surface area contributed by atoms with Crippen LogP contribution < -0.4 is 22.0 Å². The van der Waals surface area contributed by atoms with Crippen LogP contribution in [0, 0.1) is 0 Å². The first-order valence-corrected chi connectivity index (χ1v) is 7.40. The number of rotatable bonds is 7. The number of nitrogens with one attached hydrogen (secondary N) is 3. The molecule has 3 amide bonds. The highest BCUT2D eigenvalue weighted by Gasteiger charge is 2.30. The summed E-state index contributed by atoms with van der Waals surface area (Å²) < 4.78 is 37.8. The highest BCUT2D eigenvalue weighted by molar-refractivity contribution is 6.02. The van der Waals surface area contributed by atoms with E-state index >= 15 is 0 Å². The molecule has 0 atom stereocenters. The summed E-state index contributed by atoms with van der Waals surface area (Å²) in [6.45, 7) is 1.50. The maximum absolute atomic E-state index is 12.6. The number of hydrazone groups is 1. The van der Waals surface area contributed by atoms with Crippen LogP contribution in [0.15, 0.2) is 29.4 Å². The number of benzene rings is 1. The first kappa shape index (κ1) is 21.1. The smallest absolute Gasteiger partial charge is 0.326 e. The van der Waals surface area contributed by atoms with Crippen molar-refractivity contribution in [3.8, 4) is 0 Å². The first-order valence-electron chi connectivity index (χ1n) is 7.40. The molecule has 0 aliphatic heterocycles. The van der Waals surface area contributed by atoms with Crippen LogP contribution >= 0.6 is 0 Å². The van der Waals surface area contributed by atoms with Crippen molar-refractivity contribution in [1.29, 1.82) is 0 Å². The topological polar surface area (TPSA) is 126 Å². The van der Waals surface area contributed by atoms with E-state index in [2.05, 4.69) is 10.4 Å². The van der Waals surface area contributed by atoms with Crippen LogP contribution in [0.3, 0.4) is 0 Å². The SMILES string of the molecule is C/C(CC(=O)CCC(=O)Nc1cccc(C(F)(F)F)c1)=N/NC(=O)NN. The zero-order valence-corrected chi connectivity index (χ0v) is 13.8. The van der Waals surface area contributed by atoms with Crippen LogP contribution in [0.25, 0.3) is 0 Å². The van der Waals surface area contributed by atoms with Crippen molar-refractivity contribution < 1.29 is 27.6 Å². The molecule has 1 aromatic carbocycles. The molecule has 1 aromatic rings. The molecule has 0 bridgehead atoms. The lowest BCUT2D eigenvalue weighted by atomic mass is 10.1. The van der Waals surface area contributed by atoms with Crippen LogP contribution in [0.4, 0.5) is 23.7 Å². The quantitative estimate of drug-likeness (QED) is 0.252. The van der Waals surface area contributed by atoms with E-state index in [4.69, 9.17) is 5.84 Å². The molecule has 5 N–H and O–H groups in total. The predicted octanol–water partition coefficient (Wildman–Crippen LogP) is 1.93. The van der Waals surface area contributed by atoms with Gasteiger partial charge in [-0.2, -0.15) is 18.3 Å². The van der Waals surface area contributed by atoms with Gasteiger partial charge in [-0.3, -0.25) is 15.0 Å². The summed E-state index contributed by atoms with van der Waals surface area (Å²) in [5, 5.41) is 5.92. The summed E-state index contributed by atoms with van der Waals surface area (Å²) in [5.41, 5.74) is 3.24. The molecule has 0 spiro atoms. The number of carbonyl (C=O) groups excluding carboxylic acids is 3. The zero-order chi connectivity index (χ0) is 19.7. The van der Waals surface area contributed by atoms with Gasteiger partial charge in [0, 0.05) is 30.7 Å². The first-order chi connectivity index (χ1) is 12.1. The number of hydrogen-bond donors (Lipinski definition) is 4. The van der Waals surface area contributed by atoms with Crippen molar-refractivity contribution >= 4 is 29.1 Å². The van der Waals surface area contributed by atoms with Gasteiger partial charge in [-0.25, -0.2) is 16.1 Å². The number of alkyl halides is 3. The average Bonchev–Trinajstić information content (AvgIpc) is 2.57. The minimum Gasteiger partial charge on any atom is -0.326 e. The molecule has 11 heteroatoms. The highest BCUT2D eigenvalue weighted by atomic mass is 19.4. The Morgan fingerprint density at radius 2 is 1.88 bits per heavy atom. The van der Waals surface area contributed by atoms with E-state index in [9.17, 15) is 27.6 Å². The Balaban J connectivity index is 2.47. The van der Waals surface area contributed by atoms with Gasteiger partial charge in [0.15, 0.2) is 0 Å². The molecule has 0 saturated heterocycles. The van der Waals surface area contributed by atoms with Crippen LogP contribution in [0.5, 0.6) is 0 Å². The third kappa shape index (κ3) is 7.75. The van der Waals surface area contributed by atoms with Crippen molar-refractivity contribution in [2.24, 2.45) is 10.9 Å². The monoisotopic (exact) mass is 373 g/mol. The molecule has 0 aliphatic rings. The third-order valence-electron chi connectivity index (χ3n) is 3.04. The fourth-order valence-corrected chi connectivity index (χ4v) is 1.84. The summed E-state index contributed by atoms with van der Waals surface area (Å²) >= 11 is 0. The van der Waals surface area contributed by atoms with Crippen molar-refractivity contribution in [3.63, 3.8) is 0 Å². The number of nitrogens with zero attached hydrogens (tertiary/aromatic N) is 1. The van der Waals surface area contributed by atoms with Crippen molar-refractivity contribution in [1.82, 2.24) is 10.9 Å². The van der Waals surface area contributed by atoms with E-state index in [0.717, 1.165) is 12.1 Å².